The Morgan fingerprint density at radius 2 is 2.33 bits per heavy atom. The molecule has 3 N–H and O–H groups in total. The van der Waals surface area contributed by atoms with Crippen LogP contribution in [0.3, 0.4) is 0 Å². The van der Waals surface area contributed by atoms with Gasteiger partial charge < -0.3 is 15.8 Å². The average molecular weight is 265 g/mol. The van der Waals surface area contributed by atoms with Crippen LogP contribution in [0.2, 0.25) is 0 Å². The molecule has 1 aromatic rings. The van der Waals surface area contributed by atoms with E-state index >= 15 is 0 Å². The summed E-state index contributed by atoms with van der Waals surface area (Å²) in [6.07, 6.45) is 3.04. The summed E-state index contributed by atoms with van der Waals surface area (Å²) in [5.74, 6) is 0. The van der Waals surface area contributed by atoms with Crippen LogP contribution >= 0.6 is 12.2 Å². The Kier molecular flexibility index (Phi) is 3.54. The second kappa shape index (κ2) is 4.82. The minimum absolute atomic E-state index is 0.126. The SMILES string of the molecule is COC1CC(Nc2ccnc(C(N)=S)c2)C1(C)C. The van der Waals surface area contributed by atoms with Gasteiger partial charge in [-0.1, -0.05) is 26.1 Å². The second-order valence-electron chi connectivity index (χ2n) is 5.27. The topological polar surface area (TPSA) is 60.2 Å². The van der Waals surface area contributed by atoms with Crippen LogP contribution in [0.25, 0.3) is 0 Å². The highest BCUT2D eigenvalue weighted by atomic mass is 32.1. The van der Waals surface area contributed by atoms with E-state index in [0.29, 0.717) is 22.8 Å². The van der Waals surface area contributed by atoms with Gasteiger partial charge in [-0.2, -0.15) is 0 Å². The van der Waals surface area contributed by atoms with E-state index in [1.54, 1.807) is 13.3 Å². The van der Waals surface area contributed by atoms with Gasteiger partial charge in [0.15, 0.2) is 0 Å². The first-order valence-electron chi connectivity index (χ1n) is 6.00. The predicted molar refractivity (Wildman–Crippen MR) is 76.7 cm³/mol. The number of nitrogens with one attached hydrogen (secondary N) is 1. The number of hydrogen-bond donors (Lipinski definition) is 2. The van der Waals surface area contributed by atoms with Crippen LogP contribution < -0.4 is 11.1 Å². The van der Waals surface area contributed by atoms with Crippen molar-refractivity contribution in [1.82, 2.24) is 4.98 Å². The Morgan fingerprint density at radius 1 is 1.61 bits per heavy atom. The highest BCUT2D eigenvalue weighted by Crippen LogP contribution is 2.43. The van der Waals surface area contributed by atoms with Crippen molar-refractivity contribution < 1.29 is 4.74 Å². The van der Waals surface area contributed by atoms with Gasteiger partial charge in [-0.05, 0) is 18.6 Å². The first kappa shape index (κ1) is 13.2. The molecule has 1 aromatic heterocycles. The van der Waals surface area contributed by atoms with Crippen LogP contribution in [0.4, 0.5) is 5.69 Å². The standard InChI is InChI=1S/C13H19N3OS/c1-13(2)10(7-11(13)17-3)16-8-4-5-15-9(6-8)12(14)18/h4-6,10-11H,7H2,1-3H3,(H2,14,18)(H,15,16). The van der Waals surface area contributed by atoms with Crippen molar-refractivity contribution in [2.45, 2.75) is 32.4 Å². The molecule has 1 heterocycles. The Morgan fingerprint density at radius 3 is 2.89 bits per heavy atom. The molecule has 0 bridgehead atoms. The molecule has 2 rings (SSSR count). The highest BCUT2D eigenvalue weighted by molar-refractivity contribution is 7.80. The highest BCUT2D eigenvalue weighted by Gasteiger charge is 2.48. The Bertz CT molecular complexity index is 461. The molecule has 2 atom stereocenters. The molecule has 1 aliphatic rings. The van der Waals surface area contributed by atoms with Crippen molar-refractivity contribution in [1.29, 1.82) is 0 Å². The van der Waals surface area contributed by atoms with Gasteiger partial charge in [-0.3, -0.25) is 4.98 Å². The summed E-state index contributed by atoms with van der Waals surface area (Å²) in [7, 11) is 1.76. The Labute approximate surface area is 113 Å². The number of thiocarbonyl (C=S) groups is 1. The number of methoxy groups -OCH3 is 1. The third-order valence-corrected chi connectivity index (χ3v) is 4.02. The van der Waals surface area contributed by atoms with E-state index in [0.717, 1.165) is 12.1 Å². The molecule has 0 aliphatic heterocycles. The van der Waals surface area contributed by atoms with Gasteiger partial charge in [0.05, 0.1) is 11.8 Å². The van der Waals surface area contributed by atoms with E-state index in [9.17, 15) is 0 Å². The first-order valence-corrected chi connectivity index (χ1v) is 6.41. The minimum atomic E-state index is 0.126. The summed E-state index contributed by atoms with van der Waals surface area (Å²) in [5, 5.41) is 3.49. The van der Waals surface area contributed by atoms with Crippen molar-refractivity contribution in [3.05, 3.63) is 24.0 Å². The molecule has 1 aliphatic carbocycles. The van der Waals surface area contributed by atoms with Crippen LogP contribution in [0.15, 0.2) is 18.3 Å². The molecule has 2 unspecified atom stereocenters. The zero-order valence-electron chi connectivity index (χ0n) is 10.9. The Hall–Kier alpha value is -1.20. The van der Waals surface area contributed by atoms with Crippen LogP contribution in [-0.4, -0.2) is 29.2 Å². The van der Waals surface area contributed by atoms with E-state index < -0.39 is 0 Å². The minimum Gasteiger partial charge on any atom is -0.388 e. The Balaban J connectivity index is 2.07. The van der Waals surface area contributed by atoms with Crippen molar-refractivity contribution in [3.8, 4) is 0 Å². The lowest BCUT2D eigenvalue weighted by atomic mass is 9.64. The molecule has 0 radical (unpaired) electrons. The summed E-state index contributed by atoms with van der Waals surface area (Å²) in [4.78, 5) is 4.45. The largest absolute Gasteiger partial charge is 0.388 e. The quantitative estimate of drug-likeness (QED) is 0.815. The maximum atomic E-state index is 5.58. The second-order valence-corrected chi connectivity index (χ2v) is 5.71. The third kappa shape index (κ3) is 2.33. The predicted octanol–water partition coefficient (Wildman–Crippen LogP) is 1.94. The van der Waals surface area contributed by atoms with Crippen LogP contribution in [0.5, 0.6) is 0 Å². The van der Waals surface area contributed by atoms with Crippen LogP contribution in [0, 0.1) is 5.41 Å². The van der Waals surface area contributed by atoms with E-state index in [2.05, 4.69) is 24.1 Å². The maximum Gasteiger partial charge on any atom is 0.122 e. The van der Waals surface area contributed by atoms with Crippen molar-refractivity contribution in [2.75, 3.05) is 12.4 Å². The first-order chi connectivity index (χ1) is 8.45. The molecule has 1 fully saturated rings. The van der Waals surface area contributed by atoms with Crippen molar-refractivity contribution in [3.63, 3.8) is 0 Å². The summed E-state index contributed by atoms with van der Waals surface area (Å²) in [5.41, 5.74) is 7.35. The van der Waals surface area contributed by atoms with Gasteiger partial charge in [0.2, 0.25) is 0 Å². The van der Waals surface area contributed by atoms with Crippen LogP contribution in [-0.2, 0) is 4.74 Å². The van der Waals surface area contributed by atoms with Crippen molar-refractivity contribution in [2.24, 2.45) is 11.1 Å². The number of hydrogen-bond acceptors (Lipinski definition) is 4. The van der Waals surface area contributed by atoms with Gasteiger partial charge >= 0.3 is 0 Å². The molecule has 0 spiro atoms. The fourth-order valence-corrected chi connectivity index (χ4v) is 2.50. The molecule has 18 heavy (non-hydrogen) atoms. The lowest BCUT2D eigenvalue weighted by Gasteiger charge is -2.51. The summed E-state index contributed by atoms with van der Waals surface area (Å²) in [6.45, 7) is 4.41. The smallest absolute Gasteiger partial charge is 0.122 e. The average Bonchev–Trinajstić information content (AvgIpc) is 2.34. The van der Waals surface area contributed by atoms with Gasteiger partial charge in [0, 0.05) is 30.5 Å². The zero-order chi connectivity index (χ0) is 13.3. The molecule has 0 saturated heterocycles. The lowest BCUT2D eigenvalue weighted by molar-refractivity contribution is -0.0794. The fraction of sp³-hybridized carbons (Fsp3) is 0.538. The molecule has 5 heteroatoms. The van der Waals surface area contributed by atoms with E-state index in [-0.39, 0.29) is 5.41 Å². The molecule has 4 nitrogen and oxygen atoms in total. The van der Waals surface area contributed by atoms with Crippen molar-refractivity contribution >= 4 is 22.9 Å². The molecule has 0 aromatic carbocycles. The summed E-state index contributed by atoms with van der Waals surface area (Å²) < 4.78 is 5.44. The maximum absolute atomic E-state index is 5.58. The normalized spacial score (nSPS) is 25.3. The fourth-order valence-electron chi connectivity index (χ4n) is 2.39. The van der Waals surface area contributed by atoms with Crippen LogP contribution in [0.1, 0.15) is 26.0 Å². The summed E-state index contributed by atoms with van der Waals surface area (Å²) in [6, 6.07) is 4.21. The van der Waals surface area contributed by atoms with E-state index in [1.807, 2.05) is 12.1 Å². The number of ether oxygens (including phenoxy) is 1. The van der Waals surface area contributed by atoms with E-state index in [1.165, 1.54) is 0 Å². The number of anilines is 1. The van der Waals surface area contributed by atoms with E-state index in [4.69, 9.17) is 22.7 Å². The molecular formula is C13H19N3OS. The lowest BCUT2D eigenvalue weighted by Crippen LogP contribution is -2.57. The number of nitrogens with two attached hydrogens (primary N) is 1. The molecule has 98 valence electrons. The number of rotatable bonds is 4. The van der Waals surface area contributed by atoms with Gasteiger partial charge in [0.1, 0.15) is 4.99 Å². The summed E-state index contributed by atoms with van der Waals surface area (Å²) >= 11 is 4.93. The van der Waals surface area contributed by atoms with Gasteiger partial charge in [-0.15, -0.1) is 0 Å². The molecule has 1 saturated carbocycles. The third-order valence-electron chi connectivity index (χ3n) is 3.82. The zero-order valence-corrected chi connectivity index (χ0v) is 11.8. The monoisotopic (exact) mass is 265 g/mol. The van der Waals surface area contributed by atoms with Gasteiger partial charge in [-0.25, -0.2) is 0 Å². The molecule has 0 amide bonds. The van der Waals surface area contributed by atoms with Gasteiger partial charge in [0.25, 0.3) is 0 Å². The number of pyridine rings is 1. The number of aromatic nitrogens is 1. The molecular weight excluding hydrogens is 246 g/mol. The number of nitrogens with zero attached hydrogens (tertiary/aromatic N) is 1.